The van der Waals surface area contributed by atoms with Crippen LogP contribution in [0, 0.1) is 16.7 Å². The summed E-state index contributed by atoms with van der Waals surface area (Å²) in [4.78, 5) is 35.5. The highest BCUT2D eigenvalue weighted by Gasteiger charge is 2.43. The number of methoxy groups -OCH3 is 1. The number of amides is 2. The van der Waals surface area contributed by atoms with Crippen LogP contribution in [0.4, 0.5) is 10.5 Å². The van der Waals surface area contributed by atoms with Crippen molar-refractivity contribution in [3.63, 3.8) is 0 Å². The normalized spacial score (nSPS) is 15.9. The van der Waals surface area contributed by atoms with Crippen molar-refractivity contribution >= 4 is 28.7 Å². The van der Waals surface area contributed by atoms with Gasteiger partial charge in [0.1, 0.15) is 16.5 Å². The number of rotatable bonds is 3. The van der Waals surface area contributed by atoms with E-state index in [-0.39, 0.29) is 25.9 Å². The second-order valence-electron chi connectivity index (χ2n) is 8.20. The van der Waals surface area contributed by atoms with Gasteiger partial charge in [-0.2, -0.15) is 5.26 Å². The Bertz CT molecular complexity index is 1000. The lowest BCUT2D eigenvalue weighted by Gasteiger charge is -2.36. The molecule has 0 atom stereocenters. The molecular formula is C21H25N5O4. The van der Waals surface area contributed by atoms with Gasteiger partial charge in [-0.3, -0.25) is 9.78 Å². The quantitative estimate of drug-likeness (QED) is 0.824. The van der Waals surface area contributed by atoms with Crippen LogP contribution in [0.2, 0.25) is 0 Å². The highest BCUT2D eigenvalue weighted by molar-refractivity contribution is 6.03. The van der Waals surface area contributed by atoms with Crippen molar-refractivity contribution < 1.29 is 19.1 Å². The number of nitrogens with zero attached hydrogens (tertiary/aromatic N) is 4. The smallest absolute Gasteiger partial charge is 0.410 e. The van der Waals surface area contributed by atoms with Crippen molar-refractivity contribution in [2.45, 2.75) is 39.2 Å². The van der Waals surface area contributed by atoms with Crippen LogP contribution in [0.5, 0.6) is 5.88 Å². The van der Waals surface area contributed by atoms with E-state index in [1.165, 1.54) is 12.0 Å². The summed E-state index contributed by atoms with van der Waals surface area (Å²) < 4.78 is 10.5. The van der Waals surface area contributed by atoms with Crippen molar-refractivity contribution in [1.82, 2.24) is 14.9 Å². The number of carbonyl (C=O) groups is 2. The first-order valence-corrected chi connectivity index (χ1v) is 9.68. The Hall–Kier alpha value is -3.41. The lowest BCUT2D eigenvalue weighted by molar-refractivity contribution is -0.124. The second kappa shape index (κ2) is 8.14. The van der Waals surface area contributed by atoms with Crippen molar-refractivity contribution in [3.05, 3.63) is 24.4 Å². The van der Waals surface area contributed by atoms with E-state index in [1.54, 1.807) is 45.2 Å². The van der Waals surface area contributed by atoms with Gasteiger partial charge in [-0.05, 0) is 45.7 Å². The molecule has 1 N–H and O–H groups in total. The molecule has 0 spiro atoms. The number of anilines is 1. The summed E-state index contributed by atoms with van der Waals surface area (Å²) in [5, 5.41) is 12.6. The Morgan fingerprint density at radius 2 is 1.93 bits per heavy atom. The summed E-state index contributed by atoms with van der Waals surface area (Å²) in [7, 11) is 1.51. The molecule has 0 bridgehead atoms. The van der Waals surface area contributed by atoms with Crippen LogP contribution in [0.1, 0.15) is 33.6 Å². The SMILES string of the molecule is COc1ccc2nccc(NC(=O)C3(C#N)CCN(C(=O)OC(C)(C)C)CC3)c2n1. The molecule has 2 amide bonds. The van der Waals surface area contributed by atoms with Gasteiger partial charge < -0.3 is 19.7 Å². The molecule has 2 aromatic heterocycles. The first-order valence-electron chi connectivity index (χ1n) is 9.68. The minimum atomic E-state index is -1.24. The molecule has 1 aliphatic rings. The third-order valence-electron chi connectivity index (χ3n) is 4.93. The zero-order chi connectivity index (χ0) is 21.9. The Balaban J connectivity index is 1.76. The number of fused-ring (bicyclic) bond motifs is 1. The van der Waals surface area contributed by atoms with Crippen LogP contribution in [0.3, 0.4) is 0 Å². The average Bonchev–Trinajstić information content (AvgIpc) is 2.72. The summed E-state index contributed by atoms with van der Waals surface area (Å²) in [5.74, 6) is -0.0300. The number of aromatic nitrogens is 2. The summed E-state index contributed by atoms with van der Waals surface area (Å²) in [6.45, 7) is 5.91. The number of hydrogen-bond donors (Lipinski definition) is 1. The van der Waals surface area contributed by atoms with Gasteiger partial charge in [-0.15, -0.1) is 0 Å². The number of hydrogen-bond acceptors (Lipinski definition) is 7. The van der Waals surface area contributed by atoms with E-state index >= 15 is 0 Å². The van der Waals surface area contributed by atoms with Crippen LogP contribution >= 0.6 is 0 Å². The van der Waals surface area contributed by atoms with Gasteiger partial charge in [0.25, 0.3) is 0 Å². The molecule has 9 heteroatoms. The molecule has 0 saturated carbocycles. The summed E-state index contributed by atoms with van der Waals surface area (Å²) in [6.07, 6.45) is 1.56. The van der Waals surface area contributed by atoms with Gasteiger partial charge >= 0.3 is 6.09 Å². The molecule has 158 valence electrons. The van der Waals surface area contributed by atoms with Gasteiger partial charge in [-0.1, -0.05) is 0 Å². The van der Waals surface area contributed by atoms with E-state index < -0.39 is 23.0 Å². The van der Waals surface area contributed by atoms with E-state index in [9.17, 15) is 14.9 Å². The van der Waals surface area contributed by atoms with Gasteiger partial charge in [0.05, 0.1) is 24.4 Å². The Kier molecular flexibility index (Phi) is 5.78. The molecule has 2 aromatic rings. The molecule has 0 aliphatic carbocycles. The van der Waals surface area contributed by atoms with E-state index in [0.29, 0.717) is 22.6 Å². The number of nitriles is 1. The standard InChI is InChI=1S/C21H25N5O4/c1-20(2,3)30-19(28)26-11-8-21(13-22,9-12-26)18(27)24-15-7-10-23-14-5-6-16(29-4)25-17(14)15/h5-7,10H,8-9,11-12H2,1-4H3,(H,23,24,27). The van der Waals surface area contributed by atoms with Crippen LogP contribution in [0.25, 0.3) is 11.0 Å². The van der Waals surface area contributed by atoms with Gasteiger partial charge in [-0.25, -0.2) is 9.78 Å². The Morgan fingerprint density at radius 1 is 1.23 bits per heavy atom. The number of piperidine rings is 1. The molecule has 3 heterocycles. The van der Waals surface area contributed by atoms with E-state index in [1.807, 2.05) is 0 Å². The number of likely N-dealkylation sites (tertiary alicyclic amines) is 1. The fourth-order valence-corrected chi connectivity index (χ4v) is 3.25. The zero-order valence-electron chi connectivity index (χ0n) is 17.6. The predicted molar refractivity (Wildman–Crippen MR) is 110 cm³/mol. The fraction of sp³-hybridized carbons (Fsp3) is 0.476. The molecule has 9 nitrogen and oxygen atoms in total. The minimum absolute atomic E-state index is 0.217. The highest BCUT2D eigenvalue weighted by Crippen LogP contribution is 2.34. The zero-order valence-corrected chi connectivity index (χ0v) is 17.6. The third-order valence-corrected chi connectivity index (χ3v) is 4.93. The van der Waals surface area contributed by atoms with E-state index in [2.05, 4.69) is 21.4 Å². The second-order valence-corrected chi connectivity index (χ2v) is 8.20. The Morgan fingerprint density at radius 3 is 2.53 bits per heavy atom. The highest BCUT2D eigenvalue weighted by atomic mass is 16.6. The molecule has 0 radical (unpaired) electrons. The molecule has 1 saturated heterocycles. The largest absolute Gasteiger partial charge is 0.481 e. The maximum atomic E-state index is 13.1. The van der Waals surface area contributed by atoms with Crippen LogP contribution in [-0.2, 0) is 9.53 Å². The van der Waals surface area contributed by atoms with Crippen LogP contribution < -0.4 is 10.1 Å². The van der Waals surface area contributed by atoms with Crippen molar-refractivity contribution in [3.8, 4) is 11.9 Å². The van der Waals surface area contributed by atoms with Gasteiger partial charge in [0.2, 0.25) is 11.8 Å². The number of pyridine rings is 2. The van der Waals surface area contributed by atoms with Gasteiger partial charge in [0.15, 0.2) is 0 Å². The molecule has 1 fully saturated rings. The first-order chi connectivity index (χ1) is 14.2. The van der Waals surface area contributed by atoms with Crippen molar-refractivity contribution in [2.24, 2.45) is 5.41 Å². The number of carbonyl (C=O) groups excluding carboxylic acids is 2. The molecule has 0 unspecified atom stereocenters. The maximum Gasteiger partial charge on any atom is 0.410 e. The summed E-state index contributed by atoms with van der Waals surface area (Å²) in [6, 6.07) is 7.23. The number of nitrogens with one attached hydrogen (secondary N) is 1. The first kappa shape index (κ1) is 21.3. The van der Waals surface area contributed by atoms with E-state index in [0.717, 1.165) is 0 Å². The molecule has 30 heavy (non-hydrogen) atoms. The minimum Gasteiger partial charge on any atom is -0.481 e. The monoisotopic (exact) mass is 411 g/mol. The maximum absolute atomic E-state index is 13.1. The van der Waals surface area contributed by atoms with E-state index in [4.69, 9.17) is 9.47 Å². The fourth-order valence-electron chi connectivity index (χ4n) is 3.25. The van der Waals surface area contributed by atoms with Crippen LogP contribution in [-0.4, -0.2) is 52.7 Å². The molecule has 3 rings (SSSR count). The summed E-state index contributed by atoms with van der Waals surface area (Å²) >= 11 is 0. The lowest BCUT2D eigenvalue weighted by Crippen LogP contribution is -2.48. The molecule has 0 aromatic carbocycles. The Labute approximate surface area is 175 Å². The van der Waals surface area contributed by atoms with Gasteiger partial charge in [0, 0.05) is 25.4 Å². The molecule has 1 aliphatic heterocycles. The molecular weight excluding hydrogens is 386 g/mol. The third kappa shape index (κ3) is 4.43. The number of ether oxygens (including phenoxy) is 2. The van der Waals surface area contributed by atoms with Crippen molar-refractivity contribution in [1.29, 1.82) is 5.26 Å². The summed E-state index contributed by atoms with van der Waals surface area (Å²) in [5.41, 5.74) is -0.321. The van der Waals surface area contributed by atoms with Crippen LogP contribution in [0.15, 0.2) is 24.4 Å². The lowest BCUT2D eigenvalue weighted by atomic mass is 9.79. The van der Waals surface area contributed by atoms with Crippen molar-refractivity contribution in [2.75, 3.05) is 25.5 Å². The average molecular weight is 411 g/mol. The topological polar surface area (TPSA) is 117 Å². The predicted octanol–water partition coefficient (Wildman–Crippen LogP) is 3.12.